The number of hydrogen-bond donors (Lipinski definition) is 0. The highest BCUT2D eigenvalue weighted by Gasteiger charge is 2.22. The van der Waals surface area contributed by atoms with Crippen molar-refractivity contribution in [3.63, 3.8) is 0 Å². The van der Waals surface area contributed by atoms with Crippen LogP contribution in [0.3, 0.4) is 0 Å². The van der Waals surface area contributed by atoms with E-state index >= 15 is 0 Å². The molecule has 2 aromatic rings. The number of nitrogens with zero attached hydrogens (tertiary/aromatic N) is 2. The van der Waals surface area contributed by atoms with Crippen molar-refractivity contribution in [1.82, 2.24) is 4.90 Å². The molecule has 0 aliphatic rings. The van der Waals surface area contributed by atoms with E-state index in [-0.39, 0.29) is 11.9 Å². The summed E-state index contributed by atoms with van der Waals surface area (Å²) in [6, 6.07) is 13.4. The predicted octanol–water partition coefficient (Wildman–Crippen LogP) is 4.15. The summed E-state index contributed by atoms with van der Waals surface area (Å²) in [7, 11) is 0. The monoisotopic (exact) mass is 298 g/mol. The molecular formula is C17H18N2OS. The van der Waals surface area contributed by atoms with Crippen LogP contribution < -0.4 is 0 Å². The highest BCUT2D eigenvalue weighted by molar-refractivity contribution is 7.13. The van der Waals surface area contributed by atoms with Crippen LogP contribution >= 0.6 is 11.3 Å². The fraction of sp³-hybridized carbons (Fsp3) is 0.294. The van der Waals surface area contributed by atoms with Gasteiger partial charge in [0.2, 0.25) is 0 Å². The molecule has 0 saturated carbocycles. The third-order valence-electron chi connectivity index (χ3n) is 3.54. The lowest BCUT2D eigenvalue weighted by molar-refractivity contribution is 0.0707. The molecule has 1 amide bonds. The first-order valence-electron chi connectivity index (χ1n) is 6.94. The molecule has 0 aliphatic carbocycles. The van der Waals surface area contributed by atoms with Gasteiger partial charge in [0, 0.05) is 11.4 Å². The Labute approximate surface area is 129 Å². The fourth-order valence-electron chi connectivity index (χ4n) is 2.30. The average molecular weight is 298 g/mol. The Balaban J connectivity index is 2.23. The van der Waals surface area contributed by atoms with Gasteiger partial charge in [-0.2, -0.15) is 5.26 Å². The molecule has 1 atom stereocenters. The van der Waals surface area contributed by atoms with Crippen molar-refractivity contribution in [1.29, 1.82) is 5.26 Å². The quantitative estimate of drug-likeness (QED) is 0.851. The van der Waals surface area contributed by atoms with Crippen molar-refractivity contribution in [2.24, 2.45) is 0 Å². The number of benzene rings is 1. The molecule has 0 radical (unpaired) electrons. The van der Waals surface area contributed by atoms with Crippen LogP contribution in [0.15, 0.2) is 36.4 Å². The van der Waals surface area contributed by atoms with Crippen LogP contribution in [0.4, 0.5) is 0 Å². The van der Waals surface area contributed by atoms with Crippen LogP contribution in [-0.2, 0) is 0 Å². The van der Waals surface area contributed by atoms with E-state index in [0.29, 0.717) is 12.1 Å². The SMILES string of the molecule is CCN(C(=O)c1ccc(C)s1)C(C)c1ccc(C#N)cc1. The van der Waals surface area contributed by atoms with Crippen molar-refractivity contribution in [3.8, 4) is 6.07 Å². The zero-order valence-corrected chi connectivity index (χ0v) is 13.3. The van der Waals surface area contributed by atoms with Crippen LogP contribution in [0.1, 0.15) is 45.6 Å². The van der Waals surface area contributed by atoms with Crippen molar-refractivity contribution < 1.29 is 4.79 Å². The molecule has 1 aromatic carbocycles. The summed E-state index contributed by atoms with van der Waals surface area (Å²) in [6.07, 6.45) is 0. The number of rotatable bonds is 4. The van der Waals surface area contributed by atoms with Crippen LogP contribution in [0.5, 0.6) is 0 Å². The summed E-state index contributed by atoms with van der Waals surface area (Å²) in [5.41, 5.74) is 1.67. The van der Waals surface area contributed by atoms with Gasteiger partial charge in [-0.05, 0) is 50.6 Å². The molecular weight excluding hydrogens is 280 g/mol. The molecule has 0 aliphatic heterocycles. The van der Waals surface area contributed by atoms with Crippen LogP contribution in [-0.4, -0.2) is 17.4 Å². The first-order chi connectivity index (χ1) is 10.1. The van der Waals surface area contributed by atoms with Gasteiger partial charge in [0.1, 0.15) is 0 Å². The molecule has 1 unspecified atom stereocenters. The number of thiophene rings is 1. The first-order valence-corrected chi connectivity index (χ1v) is 7.76. The second-order valence-electron chi connectivity index (χ2n) is 4.91. The van der Waals surface area contributed by atoms with E-state index in [1.54, 1.807) is 12.1 Å². The highest BCUT2D eigenvalue weighted by Crippen LogP contribution is 2.25. The molecule has 2 rings (SSSR count). The molecule has 1 heterocycles. The second-order valence-corrected chi connectivity index (χ2v) is 6.20. The molecule has 0 spiro atoms. The first kappa shape index (κ1) is 15.3. The number of carbonyl (C=O) groups excluding carboxylic acids is 1. The molecule has 3 nitrogen and oxygen atoms in total. The van der Waals surface area contributed by atoms with Gasteiger partial charge in [-0.1, -0.05) is 12.1 Å². The summed E-state index contributed by atoms with van der Waals surface area (Å²) < 4.78 is 0. The van der Waals surface area contributed by atoms with E-state index in [9.17, 15) is 4.79 Å². The van der Waals surface area contributed by atoms with Gasteiger partial charge >= 0.3 is 0 Å². The molecule has 0 bridgehead atoms. The Bertz CT molecular complexity index is 667. The molecule has 0 fully saturated rings. The molecule has 1 aromatic heterocycles. The van der Waals surface area contributed by atoms with E-state index in [1.165, 1.54) is 11.3 Å². The Hall–Kier alpha value is -2.12. The van der Waals surface area contributed by atoms with Gasteiger partial charge in [-0.25, -0.2) is 0 Å². The lowest BCUT2D eigenvalue weighted by Crippen LogP contribution is -2.32. The normalized spacial score (nSPS) is 11.7. The van der Waals surface area contributed by atoms with E-state index in [2.05, 4.69) is 6.07 Å². The fourth-order valence-corrected chi connectivity index (χ4v) is 3.12. The van der Waals surface area contributed by atoms with Gasteiger partial charge in [-0.15, -0.1) is 11.3 Å². The summed E-state index contributed by atoms with van der Waals surface area (Å²) in [5, 5.41) is 8.85. The highest BCUT2D eigenvalue weighted by atomic mass is 32.1. The molecule has 0 saturated heterocycles. The smallest absolute Gasteiger partial charge is 0.264 e. The maximum atomic E-state index is 12.6. The van der Waals surface area contributed by atoms with Crippen molar-refractivity contribution in [2.45, 2.75) is 26.8 Å². The standard InChI is InChI=1S/C17H18N2OS/c1-4-19(17(20)16-10-5-12(2)21-16)13(3)15-8-6-14(11-18)7-9-15/h5-10,13H,4H2,1-3H3. The van der Waals surface area contributed by atoms with Crippen LogP contribution in [0.25, 0.3) is 0 Å². The van der Waals surface area contributed by atoms with Crippen molar-refractivity contribution in [2.75, 3.05) is 6.54 Å². The molecule has 0 N–H and O–H groups in total. The molecule has 4 heteroatoms. The Morgan fingerprint density at radius 2 is 1.95 bits per heavy atom. The van der Waals surface area contributed by atoms with Gasteiger partial charge in [-0.3, -0.25) is 4.79 Å². The van der Waals surface area contributed by atoms with Gasteiger partial charge < -0.3 is 4.90 Å². The summed E-state index contributed by atoms with van der Waals surface area (Å²) in [5.74, 6) is 0.0625. The summed E-state index contributed by atoms with van der Waals surface area (Å²) >= 11 is 1.52. The maximum absolute atomic E-state index is 12.6. The minimum absolute atomic E-state index is 0.0161. The Morgan fingerprint density at radius 3 is 2.43 bits per heavy atom. The average Bonchev–Trinajstić information content (AvgIpc) is 2.94. The lowest BCUT2D eigenvalue weighted by Gasteiger charge is -2.28. The topological polar surface area (TPSA) is 44.1 Å². The minimum Gasteiger partial charge on any atom is -0.331 e. The number of nitriles is 1. The second kappa shape index (κ2) is 6.55. The zero-order chi connectivity index (χ0) is 15.4. The van der Waals surface area contributed by atoms with E-state index in [4.69, 9.17) is 5.26 Å². The van der Waals surface area contributed by atoms with Crippen LogP contribution in [0, 0.1) is 18.3 Å². The van der Waals surface area contributed by atoms with E-state index in [0.717, 1.165) is 15.3 Å². The van der Waals surface area contributed by atoms with Crippen molar-refractivity contribution >= 4 is 17.2 Å². The summed E-state index contributed by atoms with van der Waals surface area (Å²) in [6.45, 7) is 6.65. The van der Waals surface area contributed by atoms with Gasteiger partial charge in [0.05, 0.1) is 22.6 Å². The maximum Gasteiger partial charge on any atom is 0.264 e. The van der Waals surface area contributed by atoms with E-state index in [1.807, 2.05) is 49.9 Å². The van der Waals surface area contributed by atoms with Gasteiger partial charge in [0.15, 0.2) is 0 Å². The number of amides is 1. The van der Waals surface area contributed by atoms with Crippen molar-refractivity contribution in [3.05, 3.63) is 57.3 Å². The minimum atomic E-state index is -0.0161. The molecule has 21 heavy (non-hydrogen) atoms. The van der Waals surface area contributed by atoms with E-state index < -0.39 is 0 Å². The summed E-state index contributed by atoms with van der Waals surface area (Å²) in [4.78, 5) is 16.4. The molecule has 108 valence electrons. The largest absolute Gasteiger partial charge is 0.331 e. The number of carbonyl (C=O) groups is 1. The number of aryl methyl sites for hydroxylation is 1. The number of hydrogen-bond acceptors (Lipinski definition) is 3. The Kier molecular flexibility index (Phi) is 4.77. The third-order valence-corrected chi connectivity index (χ3v) is 4.53. The lowest BCUT2D eigenvalue weighted by atomic mass is 10.0. The third kappa shape index (κ3) is 3.32. The van der Waals surface area contributed by atoms with Crippen LogP contribution in [0.2, 0.25) is 0 Å². The zero-order valence-electron chi connectivity index (χ0n) is 12.5. The Morgan fingerprint density at radius 1 is 1.29 bits per heavy atom. The van der Waals surface area contributed by atoms with Gasteiger partial charge in [0.25, 0.3) is 5.91 Å². The predicted molar refractivity (Wildman–Crippen MR) is 85.3 cm³/mol.